The Kier molecular flexibility index (Phi) is 7.06. The van der Waals surface area contributed by atoms with Crippen LogP contribution in [0.5, 0.6) is 5.75 Å². The van der Waals surface area contributed by atoms with Crippen molar-refractivity contribution in [1.82, 2.24) is 4.90 Å². The zero-order chi connectivity index (χ0) is 19.9. The Morgan fingerprint density at radius 3 is 2.75 bits per heavy atom. The van der Waals surface area contributed by atoms with E-state index in [4.69, 9.17) is 9.47 Å². The van der Waals surface area contributed by atoms with Crippen LogP contribution in [0.3, 0.4) is 0 Å². The van der Waals surface area contributed by atoms with Gasteiger partial charge in [0.15, 0.2) is 0 Å². The van der Waals surface area contributed by atoms with Crippen molar-refractivity contribution in [3.05, 3.63) is 65.2 Å². The molecule has 5 nitrogen and oxygen atoms in total. The van der Waals surface area contributed by atoms with Gasteiger partial charge in [-0.1, -0.05) is 29.8 Å². The van der Waals surface area contributed by atoms with Gasteiger partial charge in [0.25, 0.3) is 0 Å². The number of aliphatic hydroxyl groups excluding tert-OH is 1. The molecule has 150 valence electrons. The van der Waals surface area contributed by atoms with Crippen molar-refractivity contribution < 1.29 is 19.4 Å². The van der Waals surface area contributed by atoms with Crippen LogP contribution < -0.4 is 4.74 Å². The van der Waals surface area contributed by atoms with Crippen LogP contribution in [0.15, 0.2) is 48.5 Å². The maximum Gasteiger partial charge on any atom is 0.338 e. The number of likely N-dealkylation sites (tertiary alicyclic amines) is 1. The first-order valence-corrected chi connectivity index (χ1v) is 9.95. The number of aliphatic hydroxyl groups is 1. The van der Waals surface area contributed by atoms with Crippen molar-refractivity contribution in [2.24, 2.45) is 0 Å². The number of rotatable bonds is 8. The number of carbonyl (C=O) groups excluding carboxylic acids is 1. The van der Waals surface area contributed by atoms with E-state index < -0.39 is 6.10 Å². The third-order valence-corrected chi connectivity index (χ3v) is 5.04. The molecule has 1 aliphatic heterocycles. The van der Waals surface area contributed by atoms with Crippen molar-refractivity contribution in [2.75, 3.05) is 26.3 Å². The Labute approximate surface area is 166 Å². The maximum atomic E-state index is 11.7. The molecule has 2 aromatic carbocycles. The predicted octanol–water partition coefficient (Wildman–Crippen LogP) is 3.75. The normalized spacial score (nSPS) is 18.0. The van der Waals surface area contributed by atoms with Crippen LogP contribution in [0.4, 0.5) is 0 Å². The van der Waals surface area contributed by atoms with E-state index in [1.54, 1.807) is 31.2 Å². The summed E-state index contributed by atoms with van der Waals surface area (Å²) < 4.78 is 10.7. The molecule has 2 aromatic rings. The van der Waals surface area contributed by atoms with Crippen molar-refractivity contribution >= 4 is 5.97 Å². The second kappa shape index (κ2) is 9.71. The Hall–Kier alpha value is -2.37. The van der Waals surface area contributed by atoms with E-state index >= 15 is 0 Å². The number of β-amino-alcohol motifs (C(OH)–C–C–N with tert-alkyl or cyclic N) is 1. The lowest BCUT2D eigenvalue weighted by Crippen LogP contribution is -2.35. The first kappa shape index (κ1) is 20.4. The molecule has 1 N–H and O–H groups in total. The number of hydrogen-bond acceptors (Lipinski definition) is 5. The van der Waals surface area contributed by atoms with Gasteiger partial charge < -0.3 is 14.6 Å². The molecule has 5 heteroatoms. The molecule has 0 aromatic heterocycles. The summed E-state index contributed by atoms with van der Waals surface area (Å²) in [6.07, 6.45) is 1.68. The van der Waals surface area contributed by atoms with Crippen LogP contribution in [0.1, 0.15) is 47.3 Å². The predicted molar refractivity (Wildman–Crippen MR) is 109 cm³/mol. The van der Waals surface area contributed by atoms with Crippen LogP contribution >= 0.6 is 0 Å². The van der Waals surface area contributed by atoms with E-state index in [9.17, 15) is 9.90 Å². The van der Waals surface area contributed by atoms with Crippen molar-refractivity contribution in [1.29, 1.82) is 0 Å². The fourth-order valence-corrected chi connectivity index (χ4v) is 3.72. The molecule has 1 fully saturated rings. The second-order valence-corrected chi connectivity index (χ2v) is 7.28. The average Bonchev–Trinajstić information content (AvgIpc) is 3.15. The fraction of sp³-hybridized carbons (Fsp3) is 0.435. The van der Waals surface area contributed by atoms with Gasteiger partial charge in [0.05, 0.1) is 12.2 Å². The Balaban J connectivity index is 1.51. The van der Waals surface area contributed by atoms with Gasteiger partial charge in [-0.2, -0.15) is 0 Å². The monoisotopic (exact) mass is 383 g/mol. The summed E-state index contributed by atoms with van der Waals surface area (Å²) in [7, 11) is 0. The van der Waals surface area contributed by atoms with Gasteiger partial charge in [0.2, 0.25) is 0 Å². The summed E-state index contributed by atoms with van der Waals surface area (Å²) in [5.41, 5.74) is 3.08. The molecule has 1 aliphatic rings. The minimum absolute atomic E-state index is 0.218. The Morgan fingerprint density at radius 2 is 2.04 bits per heavy atom. The summed E-state index contributed by atoms with van der Waals surface area (Å²) in [6, 6.07) is 15.8. The minimum atomic E-state index is -0.574. The molecule has 1 saturated heterocycles. The Morgan fingerprint density at radius 1 is 1.25 bits per heavy atom. The number of carbonyl (C=O) groups is 1. The lowest BCUT2D eigenvalue weighted by atomic mass is 10.0. The van der Waals surface area contributed by atoms with Crippen LogP contribution in [0, 0.1) is 6.92 Å². The summed E-state index contributed by atoms with van der Waals surface area (Å²) in [5.74, 6) is 0.286. The molecular formula is C23H29NO4. The van der Waals surface area contributed by atoms with Gasteiger partial charge in [0, 0.05) is 12.6 Å². The first-order valence-electron chi connectivity index (χ1n) is 9.95. The second-order valence-electron chi connectivity index (χ2n) is 7.28. The van der Waals surface area contributed by atoms with E-state index in [0.717, 1.165) is 19.4 Å². The topological polar surface area (TPSA) is 59.0 Å². The number of hydrogen-bond donors (Lipinski definition) is 1. The molecule has 0 spiro atoms. The largest absolute Gasteiger partial charge is 0.491 e. The smallest absolute Gasteiger partial charge is 0.338 e. The van der Waals surface area contributed by atoms with Crippen molar-refractivity contribution in [3.8, 4) is 5.75 Å². The van der Waals surface area contributed by atoms with Gasteiger partial charge in [-0.3, -0.25) is 4.90 Å². The van der Waals surface area contributed by atoms with E-state index in [-0.39, 0.29) is 12.6 Å². The maximum absolute atomic E-state index is 11.7. The molecule has 0 bridgehead atoms. The highest BCUT2D eigenvalue weighted by molar-refractivity contribution is 5.89. The first-order chi connectivity index (χ1) is 13.6. The number of aryl methyl sites for hydroxylation is 1. The van der Waals surface area contributed by atoms with Crippen LogP contribution in [0.25, 0.3) is 0 Å². The van der Waals surface area contributed by atoms with Crippen molar-refractivity contribution in [3.63, 3.8) is 0 Å². The summed E-state index contributed by atoms with van der Waals surface area (Å²) in [4.78, 5) is 14.0. The Bertz CT molecular complexity index is 774. The van der Waals surface area contributed by atoms with Gasteiger partial charge in [-0.15, -0.1) is 0 Å². The molecule has 0 aliphatic carbocycles. The number of benzene rings is 2. The lowest BCUT2D eigenvalue weighted by Gasteiger charge is -2.27. The number of esters is 1. The zero-order valence-electron chi connectivity index (χ0n) is 16.6. The van der Waals surface area contributed by atoms with Crippen LogP contribution in [0.2, 0.25) is 0 Å². The number of nitrogens with zero attached hydrogens (tertiary/aromatic N) is 1. The van der Waals surface area contributed by atoms with E-state index in [1.807, 2.05) is 0 Å². The molecule has 2 unspecified atom stereocenters. The SMILES string of the molecule is CCOC(=O)c1ccc(OCC(O)CN2CCCC2c2cccc(C)c2)cc1. The lowest BCUT2D eigenvalue weighted by molar-refractivity contribution is 0.0525. The third kappa shape index (κ3) is 5.33. The molecule has 28 heavy (non-hydrogen) atoms. The average molecular weight is 383 g/mol. The zero-order valence-corrected chi connectivity index (χ0v) is 16.6. The van der Waals surface area contributed by atoms with Gasteiger partial charge in [-0.25, -0.2) is 4.79 Å². The third-order valence-electron chi connectivity index (χ3n) is 5.04. The summed E-state index contributed by atoms with van der Waals surface area (Å²) >= 11 is 0. The molecule has 1 heterocycles. The van der Waals surface area contributed by atoms with Gasteiger partial charge in [0.1, 0.15) is 18.5 Å². The van der Waals surface area contributed by atoms with Gasteiger partial charge >= 0.3 is 5.97 Å². The van der Waals surface area contributed by atoms with E-state index in [1.165, 1.54) is 11.1 Å². The highest BCUT2D eigenvalue weighted by atomic mass is 16.5. The molecule has 0 radical (unpaired) electrons. The molecule has 3 rings (SSSR count). The van der Waals surface area contributed by atoms with Crippen molar-refractivity contribution in [2.45, 2.75) is 38.8 Å². The molecule has 0 amide bonds. The highest BCUT2D eigenvalue weighted by Gasteiger charge is 2.27. The molecular weight excluding hydrogens is 354 g/mol. The van der Waals surface area contributed by atoms with E-state index in [0.29, 0.717) is 30.5 Å². The highest BCUT2D eigenvalue weighted by Crippen LogP contribution is 2.32. The summed E-state index contributed by atoms with van der Waals surface area (Å²) in [6.45, 7) is 6.03. The number of ether oxygens (including phenoxy) is 2. The minimum Gasteiger partial charge on any atom is -0.491 e. The summed E-state index contributed by atoms with van der Waals surface area (Å²) in [5, 5.41) is 10.5. The molecule has 0 saturated carbocycles. The standard InChI is InChI=1S/C23H29NO4/c1-3-27-23(26)18-9-11-21(12-10-18)28-16-20(25)15-24-13-5-8-22(24)19-7-4-6-17(2)14-19/h4,6-7,9-12,14,20,22,25H,3,5,8,13,15-16H2,1-2H3. The van der Waals surface area contributed by atoms with Gasteiger partial charge in [-0.05, 0) is 63.1 Å². The van der Waals surface area contributed by atoms with E-state index in [2.05, 4.69) is 36.1 Å². The quantitative estimate of drug-likeness (QED) is 0.704. The fourth-order valence-electron chi connectivity index (χ4n) is 3.72. The molecule has 2 atom stereocenters. The van der Waals surface area contributed by atoms with Crippen LogP contribution in [-0.2, 0) is 4.74 Å². The van der Waals surface area contributed by atoms with Crippen LogP contribution in [-0.4, -0.2) is 48.4 Å².